The highest BCUT2D eigenvalue weighted by molar-refractivity contribution is 6.23. The van der Waals surface area contributed by atoms with Crippen molar-refractivity contribution in [2.75, 3.05) is 7.11 Å². The van der Waals surface area contributed by atoms with Crippen molar-refractivity contribution in [3.05, 3.63) is 63.9 Å². The third kappa shape index (κ3) is 4.67. The minimum Gasteiger partial charge on any atom is -0.508 e. The molecule has 0 aromatic heterocycles. The van der Waals surface area contributed by atoms with E-state index in [-0.39, 0.29) is 36.1 Å². The number of hydrogen-bond acceptors (Lipinski definition) is 8. The summed E-state index contributed by atoms with van der Waals surface area (Å²) in [5.41, 5.74) is 0.267. The first-order chi connectivity index (χ1) is 20.6. The van der Waals surface area contributed by atoms with E-state index in [9.17, 15) is 34.8 Å². The average Bonchev–Trinajstić information content (AvgIpc) is 2.98. The van der Waals surface area contributed by atoms with E-state index in [0.717, 1.165) is 36.8 Å². The van der Waals surface area contributed by atoms with Crippen molar-refractivity contribution < 1.29 is 39.5 Å². The highest BCUT2D eigenvalue weighted by Crippen LogP contribution is 2.53. The number of aliphatic hydroxyl groups is 3. The first kappa shape index (κ1) is 29.2. The highest BCUT2D eigenvalue weighted by Gasteiger charge is 2.60. The molecule has 4 aliphatic rings. The molecule has 8 nitrogen and oxygen atoms in total. The molecule has 0 spiro atoms. The number of ketones is 3. The van der Waals surface area contributed by atoms with E-state index in [0.29, 0.717) is 11.3 Å². The van der Waals surface area contributed by atoms with Gasteiger partial charge in [0, 0.05) is 23.5 Å². The van der Waals surface area contributed by atoms with Crippen molar-refractivity contribution >= 4 is 23.1 Å². The summed E-state index contributed by atoms with van der Waals surface area (Å²) in [5.74, 6) is -4.12. The zero-order valence-electron chi connectivity index (χ0n) is 24.6. The molecule has 6 rings (SSSR count). The molecule has 2 aromatic carbocycles. The molecule has 0 amide bonds. The number of carbonyl (C=O) groups is 3. The first-order valence-electron chi connectivity index (χ1n) is 15.3. The minimum absolute atomic E-state index is 0.0935. The van der Waals surface area contributed by atoms with Gasteiger partial charge in [0.15, 0.2) is 17.2 Å². The van der Waals surface area contributed by atoms with Gasteiger partial charge in [0.2, 0.25) is 5.78 Å². The molecule has 43 heavy (non-hydrogen) atoms. The molecular weight excluding hydrogens is 548 g/mol. The molecule has 2 aromatic rings. The maximum atomic E-state index is 13.8. The van der Waals surface area contributed by atoms with Gasteiger partial charge in [-0.1, -0.05) is 44.2 Å². The number of aromatic hydroxyl groups is 1. The summed E-state index contributed by atoms with van der Waals surface area (Å²) in [4.78, 5) is 38.7. The van der Waals surface area contributed by atoms with E-state index in [2.05, 4.69) is 12.1 Å². The molecule has 2 saturated carbocycles. The lowest BCUT2D eigenvalue weighted by Crippen LogP contribution is -2.57. The summed E-state index contributed by atoms with van der Waals surface area (Å²) in [6, 6.07) is 9.36. The van der Waals surface area contributed by atoms with Crippen LogP contribution in [0.15, 0.2) is 47.2 Å². The fraction of sp³-hybridized carbons (Fsp3) is 0.457. The van der Waals surface area contributed by atoms with E-state index in [1.54, 1.807) is 13.2 Å². The quantitative estimate of drug-likeness (QED) is 0.315. The Balaban J connectivity index is 1.43. The van der Waals surface area contributed by atoms with Crippen LogP contribution in [0.3, 0.4) is 0 Å². The van der Waals surface area contributed by atoms with Gasteiger partial charge in [-0.3, -0.25) is 14.4 Å². The molecule has 0 radical (unpaired) electrons. The molecule has 0 aliphatic heterocycles. The predicted molar refractivity (Wildman–Crippen MR) is 160 cm³/mol. The second-order valence-corrected chi connectivity index (χ2v) is 12.7. The number of phenols is 1. The number of hydrogen-bond donors (Lipinski definition) is 4. The van der Waals surface area contributed by atoms with Crippen molar-refractivity contribution in [2.45, 2.75) is 76.7 Å². The molecule has 4 N–H and O–H groups in total. The number of Topliss-reactive ketones (excluding diaryl/α,β-unsaturated/α-hetero) is 3. The van der Waals surface area contributed by atoms with Crippen molar-refractivity contribution in [1.82, 2.24) is 0 Å². The summed E-state index contributed by atoms with van der Waals surface area (Å²) in [6.07, 6.45) is 8.60. The number of ether oxygens (including phenoxy) is 1. The van der Waals surface area contributed by atoms with Crippen LogP contribution in [0.25, 0.3) is 16.9 Å². The number of fused-ring (bicyclic) bond motifs is 3. The maximum absolute atomic E-state index is 13.8. The fourth-order valence-corrected chi connectivity index (χ4v) is 7.95. The number of aryl methyl sites for hydroxylation is 1. The van der Waals surface area contributed by atoms with E-state index in [4.69, 9.17) is 4.74 Å². The van der Waals surface area contributed by atoms with E-state index >= 15 is 0 Å². The monoisotopic (exact) mass is 586 g/mol. The van der Waals surface area contributed by atoms with E-state index in [1.165, 1.54) is 43.7 Å². The number of methoxy groups -OCH3 is 1. The van der Waals surface area contributed by atoms with Gasteiger partial charge in [-0.25, -0.2) is 0 Å². The third-order valence-corrected chi connectivity index (χ3v) is 10.2. The molecule has 0 bridgehead atoms. The number of carbonyl (C=O) groups excluding carboxylic acids is 3. The second-order valence-electron chi connectivity index (χ2n) is 12.7. The van der Waals surface area contributed by atoms with Gasteiger partial charge in [-0.15, -0.1) is 0 Å². The highest BCUT2D eigenvalue weighted by atomic mass is 16.5. The van der Waals surface area contributed by atoms with Gasteiger partial charge >= 0.3 is 0 Å². The van der Waals surface area contributed by atoms with Crippen LogP contribution in [-0.4, -0.2) is 50.5 Å². The zero-order chi connectivity index (χ0) is 30.6. The van der Waals surface area contributed by atoms with Crippen molar-refractivity contribution in [2.24, 2.45) is 17.8 Å². The third-order valence-electron chi connectivity index (χ3n) is 10.2. The van der Waals surface area contributed by atoms with Gasteiger partial charge in [-0.2, -0.15) is 0 Å². The Morgan fingerprint density at radius 1 is 1.00 bits per heavy atom. The number of allylic oxidation sites excluding steroid dienone is 1. The molecule has 0 heterocycles. The lowest BCUT2D eigenvalue weighted by molar-refractivity contribution is -0.147. The molecule has 4 aliphatic carbocycles. The van der Waals surface area contributed by atoms with Crippen LogP contribution in [-0.2, 0) is 27.2 Å². The van der Waals surface area contributed by atoms with Crippen LogP contribution < -0.4 is 4.74 Å². The van der Waals surface area contributed by atoms with Gasteiger partial charge < -0.3 is 25.2 Å². The average molecular weight is 587 g/mol. The van der Waals surface area contributed by atoms with Crippen LogP contribution in [0.4, 0.5) is 0 Å². The number of benzene rings is 2. The Hall–Kier alpha value is -3.91. The van der Waals surface area contributed by atoms with E-state index < -0.39 is 51.9 Å². The van der Waals surface area contributed by atoms with Gasteiger partial charge in [0.1, 0.15) is 28.6 Å². The SMILES string of the molecule is COc1ccc(CCC2CCCCC2)cc1-c1ccc(O)c2c1C[C@H]1C[C@H]3CC(=O)C(C(C)=O)=C(O)[C@@]3(O)C(=O)C1=C2O. The maximum Gasteiger partial charge on any atom is 0.202 e. The summed E-state index contributed by atoms with van der Waals surface area (Å²) < 4.78 is 5.74. The number of phenolic OH excluding ortho intramolecular Hbond substituents is 1. The minimum atomic E-state index is -2.50. The van der Waals surface area contributed by atoms with Crippen molar-refractivity contribution in [3.63, 3.8) is 0 Å². The molecule has 0 saturated heterocycles. The lowest BCUT2D eigenvalue weighted by Gasteiger charge is -2.46. The summed E-state index contributed by atoms with van der Waals surface area (Å²) in [5, 5.41) is 44.9. The summed E-state index contributed by atoms with van der Waals surface area (Å²) in [7, 11) is 1.60. The van der Waals surface area contributed by atoms with E-state index in [1.807, 2.05) is 6.07 Å². The van der Waals surface area contributed by atoms with Gasteiger partial charge in [-0.05, 0) is 79.3 Å². The molecule has 2 fully saturated rings. The topological polar surface area (TPSA) is 141 Å². The van der Waals surface area contributed by atoms with Gasteiger partial charge in [0.05, 0.1) is 12.7 Å². The summed E-state index contributed by atoms with van der Waals surface area (Å²) in [6.45, 7) is 1.09. The normalized spacial score (nSPS) is 25.7. The second kappa shape index (κ2) is 11.0. The lowest BCUT2D eigenvalue weighted by atomic mass is 9.59. The largest absolute Gasteiger partial charge is 0.508 e. The first-order valence-corrected chi connectivity index (χ1v) is 15.3. The Morgan fingerprint density at radius 2 is 1.74 bits per heavy atom. The van der Waals surface area contributed by atoms with Crippen molar-refractivity contribution in [3.8, 4) is 22.6 Å². The number of rotatable bonds is 6. The van der Waals surface area contributed by atoms with Gasteiger partial charge in [0.25, 0.3) is 0 Å². The summed E-state index contributed by atoms with van der Waals surface area (Å²) >= 11 is 0. The smallest absolute Gasteiger partial charge is 0.202 e. The molecule has 8 heteroatoms. The van der Waals surface area contributed by atoms with Crippen LogP contribution in [0.2, 0.25) is 0 Å². The standard InChI is InChI=1S/C35H38O8/c1-18(36)29-27(38)17-22-15-21-16-25-23(11-12-26(37)31(25)32(39)30(21)34(41)35(22,42)33(29)40)24-14-20(10-13-28(24)43-2)9-8-19-6-4-3-5-7-19/h10-14,19,21-22,37,39-40,42H,3-9,15-17H2,1-2H3/t21-,22+,35-/m1/s1. The molecular formula is C35H38O8. The molecule has 0 unspecified atom stereocenters. The zero-order valence-corrected chi connectivity index (χ0v) is 24.6. The fourth-order valence-electron chi connectivity index (χ4n) is 7.95. The van der Waals surface area contributed by atoms with Crippen LogP contribution in [0.5, 0.6) is 11.5 Å². The van der Waals surface area contributed by atoms with Crippen molar-refractivity contribution in [1.29, 1.82) is 0 Å². The Bertz CT molecular complexity index is 1590. The Morgan fingerprint density at radius 3 is 2.44 bits per heavy atom. The Kier molecular flexibility index (Phi) is 7.45. The van der Waals surface area contributed by atoms with Crippen LogP contribution in [0.1, 0.15) is 75.0 Å². The molecule has 226 valence electrons. The number of aliphatic hydroxyl groups excluding tert-OH is 2. The van der Waals surface area contributed by atoms with Crippen LogP contribution in [0, 0.1) is 17.8 Å². The Labute approximate surface area is 250 Å². The predicted octanol–water partition coefficient (Wildman–Crippen LogP) is 5.72. The van der Waals surface area contributed by atoms with Crippen LogP contribution >= 0.6 is 0 Å². The molecule has 3 atom stereocenters.